The second-order valence-electron chi connectivity index (χ2n) is 4.46. The van der Waals surface area contributed by atoms with Gasteiger partial charge < -0.3 is 4.74 Å². The highest BCUT2D eigenvalue weighted by molar-refractivity contribution is 6.05. The Balaban J connectivity index is 2.58. The van der Waals surface area contributed by atoms with Gasteiger partial charge in [-0.15, -0.1) is 0 Å². The maximum absolute atomic E-state index is 11.9. The summed E-state index contributed by atoms with van der Waals surface area (Å²) in [7, 11) is 0. The maximum Gasteiger partial charge on any atom is 0.357 e. The number of carbonyl (C=O) groups is 2. The Morgan fingerprint density at radius 1 is 1.25 bits per heavy atom. The van der Waals surface area contributed by atoms with Gasteiger partial charge in [0, 0.05) is 12.5 Å². The largest absolute Gasteiger partial charge is 0.461 e. The Kier molecular flexibility index (Phi) is 3.98. The molecule has 1 N–H and O–H groups in total. The number of hydrogen-bond acceptors (Lipinski definition) is 4. The number of Topliss-reactive ketones (excluding diaryl/α,β-unsaturated/α-hetero) is 1. The summed E-state index contributed by atoms with van der Waals surface area (Å²) in [5.41, 5.74) is 2.81. The molecule has 5 nitrogen and oxygen atoms in total. The van der Waals surface area contributed by atoms with E-state index in [0.717, 1.165) is 11.1 Å². The molecule has 0 unspecified atom stereocenters. The van der Waals surface area contributed by atoms with Gasteiger partial charge in [-0.3, -0.25) is 9.89 Å². The predicted molar refractivity (Wildman–Crippen MR) is 74.7 cm³/mol. The van der Waals surface area contributed by atoms with Crippen LogP contribution in [0.15, 0.2) is 24.3 Å². The van der Waals surface area contributed by atoms with E-state index in [1.165, 1.54) is 6.92 Å². The molecular weight excluding hydrogens is 256 g/mol. The molecule has 2 aromatic rings. The van der Waals surface area contributed by atoms with E-state index in [0.29, 0.717) is 5.56 Å². The minimum absolute atomic E-state index is 0.202. The molecule has 104 valence electrons. The van der Waals surface area contributed by atoms with Crippen molar-refractivity contribution in [2.24, 2.45) is 0 Å². The van der Waals surface area contributed by atoms with E-state index in [1.807, 2.05) is 31.2 Å². The highest BCUT2D eigenvalue weighted by Crippen LogP contribution is 2.27. The molecule has 0 aliphatic rings. The molecule has 1 aromatic heterocycles. The van der Waals surface area contributed by atoms with Crippen LogP contribution in [0.25, 0.3) is 11.1 Å². The molecular formula is C15H16N2O3. The lowest BCUT2D eigenvalue weighted by Crippen LogP contribution is -2.07. The molecule has 5 heteroatoms. The molecule has 0 bridgehead atoms. The monoisotopic (exact) mass is 272 g/mol. The number of ketones is 1. The Morgan fingerprint density at radius 3 is 2.45 bits per heavy atom. The lowest BCUT2D eigenvalue weighted by atomic mass is 10.0. The van der Waals surface area contributed by atoms with E-state index in [4.69, 9.17) is 4.74 Å². The lowest BCUT2D eigenvalue weighted by molar-refractivity contribution is 0.0520. The van der Waals surface area contributed by atoms with Crippen molar-refractivity contribution in [2.75, 3.05) is 6.61 Å². The number of nitrogens with zero attached hydrogens (tertiary/aromatic N) is 1. The first-order valence-electron chi connectivity index (χ1n) is 6.38. The number of hydrogen-bond donors (Lipinski definition) is 1. The summed E-state index contributed by atoms with van der Waals surface area (Å²) in [6, 6.07) is 7.55. The number of aromatic amines is 1. The van der Waals surface area contributed by atoms with Crippen molar-refractivity contribution < 1.29 is 14.3 Å². The average Bonchev–Trinajstić information content (AvgIpc) is 2.84. The van der Waals surface area contributed by atoms with E-state index in [2.05, 4.69) is 10.2 Å². The quantitative estimate of drug-likeness (QED) is 0.686. The molecule has 0 radical (unpaired) electrons. The van der Waals surface area contributed by atoms with Crippen LogP contribution in [-0.4, -0.2) is 28.6 Å². The van der Waals surface area contributed by atoms with Gasteiger partial charge in [-0.05, 0) is 19.4 Å². The second-order valence-corrected chi connectivity index (χ2v) is 4.46. The van der Waals surface area contributed by atoms with Crippen molar-refractivity contribution in [2.45, 2.75) is 20.8 Å². The van der Waals surface area contributed by atoms with Crippen molar-refractivity contribution in [1.29, 1.82) is 0 Å². The summed E-state index contributed by atoms with van der Waals surface area (Å²) in [5, 5.41) is 6.55. The van der Waals surface area contributed by atoms with Gasteiger partial charge in [0.25, 0.3) is 0 Å². The zero-order chi connectivity index (χ0) is 14.7. The van der Waals surface area contributed by atoms with Crippen LogP contribution in [0.1, 0.15) is 40.4 Å². The molecule has 0 saturated heterocycles. The van der Waals surface area contributed by atoms with Gasteiger partial charge in [0.2, 0.25) is 0 Å². The zero-order valence-corrected chi connectivity index (χ0v) is 11.7. The molecule has 0 amide bonds. The first-order chi connectivity index (χ1) is 9.54. The number of benzene rings is 1. The van der Waals surface area contributed by atoms with Gasteiger partial charge in [-0.2, -0.15) is 5.10 Å². The summed E-state index contributed by atoms with van der Waals surface area (Å²) >= 11 is 0. The first-order valence-corrected chi connectivity index (χ1v) is 6.38. The highest BCUT2D eigenvalue weighted by Gasteiger charge is 2.23. The molecule has 0 aliphatic heterocycles. The van der Waals surface area contributed by atoms with E-state index in [-0.39, 0.29) is 23.8 Å². The minimum atomic E-state index is -0.511. The Morgan fingerprint density at radius 2 is 1.90 bits per heavy atom. The Bertz CT molecular complexity index is 642. The molecule has 0 saturated carbocycles. The molecule has 0 fully saturated rings. The average molecular weight is 272 g/mol. The van der Waals surface area contributed by atoms with Gasteiger partial charge in [0.05, 0.1) is 6.61 Å². The van der Waals surface area contributed by atoms with Crippen LogP contribution in [0.5, 0.6) is 0 Å². The Labute approximate surface area is 117 Å². The minimum Gasteiger partial charge on any atom is -0.461 e. The standard InChI is InChI=1S/C15H16N2O3/c1-4-20-15(19)14-12(13(10(3)18)16-17-14)11-7-5-9(2)6-8-11/h5-8H,4H2,1-3H3,(H,16,17). The van der Waals surface area contributed by atoms with Crippen LogP contribution in [0.2, 0.25) is 0 Å². The summed E-state index contributed by atoms with van der Waals surface area (Å²) < 4.78 is 4.99. The normalized spacial score (nSPS) is 10.3. The number of rotatable bonds is 4. The highest BCUT2D eigenvalue weighted by atomic mass is 16.5. The van der Waals surface area contributed by atoms with Crippen molar-refractivity contribution in [3.05, 3.63) is 41.2 Å². The van der Waals surface area contributed by atoms with Crippen LogP contribution < -0.4 is 0 Å². The lowest BCUT2D eigenvalue weighted by Gasteiger charge is -2.05. The number of ether oxygens (including phenoxy) is 1. The Hall–Kier alpha value is -2.43. The van der Waals surface area contributed by atoms with Crippen LogP contribution in [-0.2, 0) is 4.74 Å². The van der Waals surface area contributed by atoms with Crippen LogP contribution in [0.3, 0.4) is 0 Å². The molecule has 1 aromatic carbocycles. The third-order valence-electron chi connectivity index (χ3n) is 2.92. The zero-order valence-electron chi connectivity index (χ0n) is 11.7. The summed E-state index contributed by atoms with van der Waals surface area (Å²) in [4.78, 5) is 23.6. The van der Waals surface area contributed by atoms with Crippen molar-refractivity contribution in [3.63, 3.8) is 0 Å². The van der Waals surface area contributed by atoms with E-state index in [1.54, 1.807) is 6.92 Å². The molecule has 0 atom stereocenters. The van der Waals surface area contributed by atoms with Crippen molar-refractivity contribution >= 4 is 11.8 Å². The predicted octanol–water partition coefficient (Wildman–Crippen LogP) is 2.76. The fraction of sp³-hybridized carbons (Fsp3) is 0.267. The summed E-state index contributed by atoms with van der Waals surface area (Å²) in [6.07, 6.45) is 0. The van der Waals surface area contributed by atoms with Crippen molar-refractivity contribution in [1.82, 2.24) is 10.2 Å². The SMILES string of the molecule is CCOC(=O)c1[nH]nc(C(C)=O)c1-c1ccc(C)cc1. The van der Waals surface area contributed by atoms with Gasteiger partial charge in [0.15, 0.2) is 11.5 Å². The topological polar surface area (TPSA) is 72.1 Å². The maximum atomic E-state index is 11.9. The third-order valence-corrected chi connectivity index (χ3v) is 2.92. The van der Waals surface area contributed by atoms with Gasteiger partial charge in [0.1, 0.15) is 5.69 Å². The van der Waals surface area contributed by atoms with E-state index >= 15 is 0 Å². The van der Waals surface area contributed by atoms with E-state index < -0.39 is 5.97 Å². The van der Waals surface area contributed by atoms with E-state index in [9.17, 15) is 9.59 Å². The molecule has 20 heavy (non-hydrogen) atoms. The summed E-state index contributed by atoms with van der Waals surface area (Å²) in [6.45, 7) is 5.38. The van der Waals surface area contributed by atoms with Gasteiger partial charge in [-0.1, -0.05) is 29.8 Å². The molecule has 2 rings (SSSR count). The number of aryl methyl sites for hydroxylation is 1. The fourth-order valence-corrected chi connectivity index (χ4v) is 1.95. The smallest absolute Gasteiger partial charge is 0.357 e. The summed E-state index contributed by atoms with van der Waals surface area (Å²) in [5.74, 6) is -0.713. The van der Waals surface area contributed by atoms with Crippen molar-refractivity contribution in [3.8, 4) is 11.1 Å². The number of carbonyl (C=O) groups excluding carboxylic acids is 2. The molecule has 0 spiro atoms. The second kappa shape index (κ2) is 5.69. The molecule has 1 heterocycles. The first kappa shape index (κ1) is 14.0. The molecule has 0 aliphatic carbocycles. The number of H-pyrrole nitrogens is 1. The number of esters is 1. The van der Waals surface area contributed by atoms with Crippen LogP contribution in [0.4, 0.5) is 0 Å². The number of nitrogens with one attached hydrogen (secondary N) is 1. The number of aromatic nitrogens is 2. The third kappa shape index (κ3) is 2.61. The fourth-order valence-electron chi connectivity index (χ4n) is 1.95. The van der Waals surface area contributed by atoms with Crippen LogP contribution in [0, 0.1) is 6.92 Å². The van der Waals surface area contributed by atoms with Crippen LogP contribution >= 0.6 is 0 Å². The van der Waals surface area contributed by atoms with Gasteiger partial charge >= 0.3 is 5.97 Å². The van der Waals surface area contributed by atoms with Gasteiger partial charge in [-0.25, -0.2) is 4.79 Å².